The Labute approximate surface area is 167 Å². The molecule has 0 unspecified atom stereocenters. The van der Waals surface area contributed by atoms with Crippen molar-refractivity contribution in [3.63, 3.8) is 0 Å². The minimum atomic E-state index is -0.498. The predicted molar refractivity (Wildman–Crippen MR) is 106 cm³/mol. The van der Waals surface area contributed by atoms with E-state index in [9.17, 15) is 14.9 Å². The molecule has 0 saturated carbocycles. The van der Waals surface area contributed by atoms with E-state index in [1.807, 2.05) is 6.07 Å². The second-order valence-corrected chi connectivity index (χ2v) is 7.91. The zero-order valence-corrected chi connectivity index (χ0v) is 16.2. The van der Waals surface area contributed by atoms with Crippen molar-refractivity contribution in [2.24, 2.45) is 0 Å². The van der Waals surface area contributed by atoms with Crippen molar-refractivity contribution in [3.8, 4) is 0 Å². The Balaban J connectivity index is 1.70. The van der Waals surface area contributed by atoms with Crippen LogP contribution in [-0.2, 0) is 4.79 Å². The smallest absolute Gasteiger partial charge is 0.270 e. The number of nitrogens with zero attached hydrogens (tertiary/aromatic N) is 3. The summed E-state index contributed by atoms with van der Waals surface area (Å²) in [4.78, 5) is 22.1. The van der Waals surface area contributed by atoms with E-state index in [4.69, 9.17) is 11.6 Å². The van der Waals surface area contributed by atoms with Crippen molar-refractivity contribution in [1.29, 1.82) is 0 Å². The molecule has 0 spiro atoms. The van der Waals surface area contributed by atoms with Crippen molar-refractivity contribution in [2.45, 2.75) is 16.2 Å². The molecule has 2 N–H and O–H groups in total. The number of carbonyl (C=O) groups excluding carboxylic acids is 1. The van der Waals surface area contributed by atoms with Gasteiger partial charge in [-0.1, -0.05) is 40.8 Å². The Bertz CT molecular complexity index is 1010. The lowest BCUT2D eigenvalue weighted by Gasteiger charge is -2.05. The fourth-order valence-electron chi connectivity index (χ4n) is 2.08. The first-order chi connectivity index (χ1) is 12.9. The molecule has 1 amide bonds. The number of nitrogens with one attached hydrogen (secondary N) is 2. The van der Waals surface area contributed by atoms with Crippen molar-refractivity contribution in [1.82, 2.24) is 10.2 Å². The van der Waals surface area contributed by atoms with Crippen molar-refractivity contribution in [2.75, 3.05) is 10.6 Å². The monoisotopic (exact) mass is 421 g/mol. The number of nitro benzene ring substituents is 1. The molecule has 8 nitrogen and oxygen atoms in total. The molecule has 0 radical (unpaired) electrons. The first kappa shape index (κ1) is 19.1. The van der Waals surface area contributed by atoms with Crippen LogP contribution in [0.3, 0.4) is 0 Å². The van der Waals surface area contributed by atoms with Gasteiger partial charge in [0, 0.05) is 35.3 Å². The molecule has 138 valence electrons. The van der Waals surface area contributed by atoms with Gasteiger partial charge in [0.05, 0.1) is 9.95 Å². The molecule has 0 aliphatic carbocycles. The van der Waals surface area contributed by atoms with Gasteiger partial charge < -0.3 is 10.6 Å². The van der Waals surface area contributed by atoms with E-state index in [-0.39, 0.29) is 16.6 Å². The highest BCUT2D eigenvalue weighted by Gasteiger charge is 2.13. The Morgan fingerprint density at radius 1 is 1.22 bits per heavy atom. The highest BCUT2D eigenvalue weighted by atomic mass is 35.5. The maximum absolute atomic E-state index is 11.1. The van der Waals surface area contributed by atoms with Gasteiger partial charge in [0.25, 0.3) is 5.69 Å². The van der Waals surface area contributed by atoms with Gasteiger partial charge in [-0.25, -0.2) is 0 Å². The van der Waals surface area contributed by atoms with E-state index < -0.39 is 4.92 Å². The van der Waals surface area contributed by atoms with Gasteiger partial charge in [0.1, 0.15) is 0 Å². The summed E-state index contributed by atoms with van der Waals surface area (Å²) in [5.41, 5.74) is 1.36. The zero-order chi connectivity index (χ0) is 19.4. The quantitative estimate of drug-likeness (QED) is 0.427. The fourth-order valence-corrected chi connectivity index (χ4v) is 4.11. The summed E-state index contributed by atoms with van der Waals surface area (Å²) in [6, 6.07) is 11.5. The topological polar surface area (TPSA) is 110 Å². The summed E-state index contributed by atoms with van der Waals surface area (Å²) in [5.74, 6) is -0.151. The van der Waals surface area contributed by atoms with E-state index in [0.717, 1.165) is 5.69 Å². The van der Waals surface area contributed by atoms with E-state index in [1.165, 1.54) is 42.2 Å². The average Bonchev–Trinajstić information content (AvgIpc) is 3.03. The van der Waals surface area contributed by atoms with Crippen molar-refractivity contribution >= 4 is 62.8 Å². The molecule has 0 bridgehead atoms. The third-order valence-electron chi connectivity index (χ3n) is 3.16. The van der Waals surface area contributed by atoms with Crippen molar-refractivity contribution in [3.05, 3.63) is 57.6 Å². The van der Waals surface area contributed by atoms with Gasteiger partial charge in [-0.15, -0.1) is 10.2 Å². The third kappa shape index (κ3) is 5.16. The number of aromatic nitrogens is 2. The largest absolute Gasteiger partial charge is 0.330 e. The summed E-state index contributed by atoms with van der Waals surface area (Å²) in [6.07, 6.45) is 0. The van der Waals surface area contributed by atoms with Gasteiger partial charge in [-0.05, 0) is 24.3 Å². The number of anilines is 3. The number of nitro groups is 1. The average molecular weight is 422 g/mol. The number of non-ortho nitro benzene ring substituents is 1. The molecule has 0 aliphatic rings. The minimum Gasteiger partial charge on any atom is -0.330 e. The van der Waals surface area contributed by atoms with Crippen LogP contribution in [0.2, 0.25) is 5.02 Å². The van der Waals surface area contributed by atoms with Crippen LogP contribution in [0.1, 0.15) is 6.92 Å². The first-order valence-corrected chi connectivity index (χ1v) is 9.52. The lowest BCUT2D eigenvalue weighted by molar-refractivity contribution is -0.384. The van der Waals surface area contributed by atoms with E-state index in [1.54, 1.807) is 24.3 Å². The van der Waals surface area contributed by atoms with Gasteiger partial charge in [0.2, 0.25) is 11.0 Å². The second-order valence-electron chi connectivity index (χ2n) is 5.23. The summed E-state index contributed by atoms with van der Waals surface area (Å²) in [7, 11) is 0. The van der Waals surface area contributed by atoms with Crippen LogP contribution in [-0.4, -0.2) is 21.0 Å². The zero-order valence-electron chi connectivity index (χ0n) is 13.8. The normalized spacial score (nSPS) is 10.4. The molecule has 2 aromatic carbocycles. The van der Waals surface area contributed by atoms with Crippen molar-refractivity contribution < 1.29 is 9.72 Å². The molecule has 27 heavy (non-hydrogen) atoms. The number of rotatable bonds is 6. The van der Waals surface area contributed by atoms with Crippen LogP contribution in [0.5, 0.6) is 0 Å². The van der Waals surface area contributed by atoms with E-state index in [2.05, 4.69) is 20.8 Å². The summed E-state index contributed by atoms with van der Waals surface area (Å²) in [5, 5.41) is 25.6. The maximum Gasteiger partial charge on any atom is 0.270 e. The lowest BCUT2D eigenvalue weighted by Crippen LogP contribution is -2.05. The number of amides is 1. The number of hydrogen-bond donors (Lipinski definition) is 2. The number of hydrogen-bond acceptors (Lipinski definition) is 8. The van der Waals surface area contributed by atoms with Gasteiger partial charge in [-0.3, -0.25) is 14.9 Å². The highest BCUT2D eigenvalue weighted by molar-refractivity contribution is 8.01. The first-order valence-electron chi connectivity index (χ1n) is 7.50. The van der Waals surface area contributed by atoms with E-state index in [0.29, 0.717) is 20.1 Å². The van der Waals surface area contributed by atoms with Crippen LogP contribution in [0.4, 0.5) is 22.2 Å². The standard InChI is InChI=1S/C16H12ClN5O3S2/c1-9(23)18-10-3-2-4-11(7-10)19-15-20-21-16(27-15)26-14-6-5-12(22(24)25)8-13(14)17/h2-8H,1H3,(H,18,23)(H,19,20). The van der Waals surface area contributed by atoms with Crippen LogP contribution in [0.15, 0.2) is 51.7 Å². The van der Waals surface area contributed by atoms with Crippen LogP contribution in [0.25, 0.3) is 0 Å². The van der Waals surface area contributed by atoms with Crippen LogP contribution >= 0.6 is 34.7 Å². The third-order valence-corrected chi connectivity index (χ3v) is 5.55. The van der Waals surface area contributed by atoms with Crippen LogP contribution in [0, 0.1) is 10.1 Å². The Morgan fingerprint density at radius 3 is 2.70 bits per heavy atom. The molecule has 1 aromatic heterocycles. The number of benzene rings is 2. The van der Waals surface area contributed by atoms with Gasteiger partial charge >= 0.3 is 0 Å². The molecule has 3 rings (SSSR count). The minimum absolute atomic E-state index is 0.0666. The summed E-state index contributed by atoms with van der Waals surface area (Å²) >= 11 is 8.68. The van der Waals surface area contributed by atoms with E-state index >= 15 is 0 Å². The molecular formula is C16H12ClN5O3S2. The molecule has 0 aliphatic heterocycles. The number of carbonyl (C=O) groups is 1. The number of halogens is 1. The van der Waals surface area contributed by atoms with Gasteiger partial charge in [0.15, 0.2) is 4.34 Å². The molecule has 0 fully saturated rings. The predicted octanol–water partition coefficient (Wildman–Crippen LogP) is 4.95. The summed E-state index contributed by atoms with van der Waals surface area (Å²) < 4.78 is 0.631. The molecular weight excluding hydrogens is 410 g/mol. The molecule has 1 heterocycles. The SMILES string of the molecule is CC(=O)Nc1cccc(Nc2nnc(Sc3ccc([N+](=O)[O-])cc3Cl)s2)c1. The van der Waals surface area contributed by atoms with Gasteiger partial charge in [-0.2, -0.15) is 0 Å². The summed E-state index contributed by atoms with van der Waals surface area (Å²) in [6.45, 7) is 1.44. The molecule has 11 heteroatoms. The fraction of sp³-hybridized carbons (Fsp3) is 0.0625. The lowest BCUT2D eigenvalue weighted by atomic mass is 10.3. The Hall–Kier alpha value is -2.69. The maximum atomic E-state index is 11.1. The molecule has 0 atom stereocenters. The highest BCUT2D eigenvalue weighted by Crippen LogP contribution is 2.38. The second kappa shape index (κ2) is 8.33. The Morgan fingerprint density at radius 2 is 2.00 bits per heavy atom. The van der Waals surface area contributed by atoms with Crippen LogP contribution < -0.4 is 10.6 Å². The Kier molecular flexibility index (Phi) is 5.89. The molecule has 3 aromatic rings. The molecule has 0 saturated heterocycles.